The van der Waals surface area contributed by atoms with Crippen LogP contribution in [0.3, 0.4) is 0 Å². The summed E-state index contributed by atoms with van der Waals surface area (Å²) in [7, 11) is -3.36. The summed E-state index contributed by atoms with van der Waals surface area (Å²) in [6.07, 6.45) is 1.10. The second-order valence-corrected chi connectivity index (χ2v) is 5.00. The number of fused-ring (bicyclic) bond motifs is 1. The molecule has 0 atom stereocenters. The second kappa shape index (κ2) is 2.78. The molecule has 0 aliphatic rings. The monoisotopic (exact) mass is 211 g/mol. The third kappa shape index (κ3) is 1.37. The zero-order chi connectivity index (χ0) is 10.3. The summed E-state index contributed by atoms with van der Waals surface area (Å²) in [5, 5.41) is 7.37. The maximum absolute atomic E-state index is 11.3. The Hall–Kier alpha value is -1.43. The molecule has 0 saturated heterocycles. The van der Waals surface area contributed by atoms with Gasteiger partial charge in [-0.25, -0.2) is 8.42 Å². The van der Waals surface area contributed by atoms with Crippen LogP contribution in [0.25, 0.3) is 11.0 Å². The summed E-state index contributed by atoms with van der Waals surface area (Å²) >= 11 is 0. The maximum Gasteiger partial charge on any atom is 0.252 e. The first kappa shape index (κ1) is 9.14. The molecule has 1 aromatic carbocycles. The van der Waals surface area contributed by atoms with Crippen molar-refractivity contribution in [3.63, 3.8) is 0 Å². The fourth-order valence-electron chi connectivity index (χ4n) is 1.26. The summed E-state index contributed by atoms with van der Waals surface area (Å²) in [6.45, 7) is 1.92. The quantitative estimate of drug-likeness (QED) is 0.690. The molecule has 0 aliphatic heterocycles. The van der Waals surface area contributed by atoms with E-state index >= 15 is 0 Å². The van der Waals surface area contributed by atoms with Crippen molar-refractivity contribution in [2.45, 2.75) is 6.92 Å². The van der Waals surface area contributed by atoms with Crippen molar-refractivity contribution in [1.82, 2.24) is 14.4 Å². The summed E-state index contributed by atoms with van der Waals surface area (Å²) in [5.41, 5.74) is 2.13. The number of aromatic nitrogens is 3. The summed E-state index contributed by atoms with van der Waals surface area (Å²) in [6, 6.07) is 5.32. The molecule has 0 bridgehead atoms. The molecule has 0 aliphatic carbocycles. The van der Waals surface area contributed by atoms with Crippen molar-refractivity contribution >= 4 is 21.1 Å². The van der Waals surface area contributed by atoms with E-state index in [0.29, 0.717) is 11.0 Å². The predicted molar refractivity (Wildman–Crippen MR) is 52.5 cm³/mol. The van der Waals surface area contributed by atoms with E-state index in [1.807, 2.05) is 13.0 Å². The number of aryl methyl sites for hydroxylation is 1. The Bertz CT molecular complexity index is 586. The Labute approximate surface area is 81.4 Å². The molecule has 0 unspecified atom stereocenters. The maximum atomic E-state index is 11.3. The molecule has 74 valence electrons. The van der Waals surface area contributed by atoms with Crippen molar-refractivity contribution in [2.75, 3.05) is 6.26 Å². The minimum atomic E-state index is -3.36. The lowest BCUT2D eigenvalue weighted by Gasteiger charge is -1.97. The highest BCUT2D eigenvalue weighted by Crippen LogP contribution is 2.13. The number of rotatable bonds is 1. The predicted octanol–water partition coefficient (Wildman–Crippen LogP) is 0.547. The molecule has 1 aromatic heterocycles. The molecule has 5 nitrogen and oxygen atoms in total. The van der Waals surface area contributed by atoms with Gasteiger partial charge in [-0.3, -0.25) is 0 Å². The van der Waals surface area contributed by atoms with Gasteiger partial charge in [0.2, 0.25) is 0 Å². The SMILES string of the molecule is Cc1ccc2c(c1)nnn2S(C)(=O)=O. The van der Waals surface area contributed by atoms with Gasteiger partial charge >= 0.3 is 0 Å². The Morgan fingerprint density at radius 3 is 2.71 bits per heavy atom. The average Bonchev–Trinajstić information content (AvgIpc) is 2.45. The van der Waals surface area contributed by atoms with Crippen molar-refractivity contribution in [2.24, 2.45) is 0 Å². The summed E-state index contributed by atoms with van der Waals surface area (Å²) in [4.78, 5) is 0. The smallest absolute Gasteiger partial charge is 0.205 e. The second-order valence-electron chi connectivity index (χ2n) is 3.19. The normalized spacial score (nSPS) is 12.1. The van der Waals surface area contributed by atoms with Crippen LogP contribution in [0.1, 0.15) is 5.56 Å². The van der Waals surface area contributed by atoms with Gasteiger partial charge in [0.05, 0.1) is 6.26 Å². The highest BCUT2D eigenvalue weighted by Gasteiger charge is 2.12. The minimum absolute atomic E-state index is 0.512. The minimum Gasteiger partial charge on any atom is -0.205 e. The van der Waals surface area contributed by atoms with Crippen molar-refractivity contribution < 1.29 is 8.42 Å². The summed E-state index contributed by atoms with van der Waals surface area (Å²) < 4.78 is 23.4. The van der Waals surface area contributed by atoms with Crippen LogP contribution in [-0.2, 0) is 10.0 Å². The molecule has 2 rings (SSSR count). The topological polar surface area (TPSA) is 64.8 Å². The van der Waals surface area contributed by atoms with Gasteiger partial charge in [-0.1, -0.05) is 11.3 Å². The molecule has 1 heterocycles. The van der Waals surface area contributed by atoms with Crippen LogP contribution in [-0.4, -0.2) is 29.1 Å². The van der Waals surface area contributed by atoms with Crippen molar-refractivity contribution in [1.29, 1.82) is 0 Å². The molecule has 0 saturated carbocycles. The van der Waals surface area contributed by atoms with Gasteiger partial charge in [0.25, 0.3) is 10.0 Å². The standard InChI is InChI=1S/C8H9N3O2S/c1-6-3-4-8-7(5-6)9-10-11(8)14(2,12)13/h3-5H,1-2H3. The Kier molecular flexibility index (Phi) is 1.81. The Morgan fingerprint density at radius 2 is 2.07 bits per heavy atom. The van der Waals surface area contributed by atoms with E-state index in [9.17, 15) is 8.42 Å². The Balaban J connectivity index is 2.83. The number of benzene rings is 1. The zero-order valence-electron chi connectivity index (χ0n) is 7.80. The van der Waals surface area contributed by atoms with Crippen LogP contribution < -0.4 is 0 Å². The molecular formula is C8H9N3O2S. The number of nitrogens with zero attached hydrogens (tertiary/aromatic N) is 3. The van der Waals surface area contributed by atoms with E-state index in [4.69, 9.17) is 0 Å². The van der Waals surface area contributed by atoms with E-state index in [0.717, 1.165) is 15.9 Å². The van der Waals surface area contributed by atoms with Gasteiger partial charge in [0, 0.05) is 0 Å². The van der Waals surface area contributed by atoms with Gasteiger partial charge in [-0.2, -0.15) is 0 Å². The molecule has 6 heteroatoms. The lowest BCUT2D eigenvalue weighted by molar-refractivity contribution is 0.586. The average molecular weight is 211 g/mol. The molecule has 2 aromatic rings. The largest absolute Gasteiger partial charge is 0.252 e. The van der Waals surface area contributed by atoms with Gasteiger partial charge in [0.15, 0.2) is 0 Å². The van der Waals surface area contributed by atoms with Crippen LogP contribution in [0.15, 0.2) is 18.2 Å². The van der Waals surface area contributed by atoms with Crippen LogP contribution in [0, 0.1) is 6.92 Å². The van der Waals surface area contributed by atoms with Gasteiger partial charge in [-0.15, -0.1) is 9.19 Å². The summed E-state index contributed by atoms with van der Waals surface area (Å²) in [5.74, 6) is 0. The molecule has 0 fully saturated rings. The van der Waals surface area contributed by atoms with Crippen molar-refractivity contribution in [3.05, 3.63) is 23.8 Å². The zero-order valence-corrected chi connectivity index (χ0v) is 8.61. The van der Waals surface area contributed by atoms with Crippen LogP contribution in [0.2, 0.25) is 0 Å². The van der Waals surface area contributed by atoms with E-state index in [1.165, 1.54) is 0 Å². The van der Waals surface area contributed by atoms with Gasteiger partial charge in [-0.05, 0) is 24.6 Å². The molecule has 0 N–H and O–H groups in total. The molecule has 0 amide bonds. The third-order valence-electron chi connectivity index (χ3n) is 1.88. The molecule has 0 radical (unpaired) electrons. The molecular weight excluding hydrogens is 202 g/mol. The molecule has 14 heavy (non-hydrogen) atoms. The van der Waals surface area contributed by atoms with Crippen LogP contribution in [0.5, 0.6) is 0 Å². The highest BCUT2D eigenvalue weighted by atomic mass is 32.2. The lowest BCUT2D eigenvalue weighted by atomic mass is 10.2. The van der Waals surface area contributed by atoms with Crippen LogP contribution >= 0.6 is 0 Å². The highest BCUT2D eigenvalue weighted by molar-refractivity contribution is 7.89. The van der Waals surface area contributed by atoms with Gasteiger partial charge < -0.3 is 0 Å². The van der Waals surface area contributed by atoms with E-state index in [2.05, 4.69) is 10.3 Å². The van der Waals surface area contributed by atoms with E-state index in [1.54, 1.807) is 12.1 Å². The lowest BCUT2D eigenvalue weighted by Crippen LogP contribution is -2.11. The molecule has 0 spiro atoms. The van der Waals surface area contributed by atoms with E-state index in [-0.39, 0.29) is 0 Å². The number of hydrogen-bond acceptors (Lipinski definition) is 4. The number of hydrogen-bond donors (Lipinski definition) is 0. The first-order valence-electron chi connectivity index (χ1n) is 4.01. The fraction of sp³-hybridized carbons (Fsp3) is 0.250. The van der Waals surface area contributed by atoms with E-state index < -0.39 is 10.0 Å². The third-order valence-corrected chi connectivity index (χ3v) is 2.78. The first-order chi connectivity index (χ1) is 6.48. The van der Waals surface area contributed by atoms with Crippen LogP contribution in [0.4, 0.5) is 0 Å². The van der Waals surface area contributed by atoms with Crippen molar-refractivity contribution in [3.8, 4) is 0 Å². The Morgan fingerprint density at radius 1 is 1.36 bits per heavy atom. The van der Waals surface area contributed by atoms with Gasteiger partial charge in [0.1, 0.15) is 11.0 Å². The first-order valence-corrected chi connectivity index (χ1v) is 5.86. The fourth-order valence-corrected chi connectivity index (χ4v) is 1.94.